The zero-order chi connectivity index (χ0) is 17.4. The summed E-state index contributed by atoms with van der Waals surface area (Å²) in [5.41, 5.74) is 5.57. The summed E-state index contributed by atoms with van der Waals surface area (Å²) in [6.45, 7) is 4.20. The van der Waals surface area contributed by atoms with Gasteiger partial charge in [-0.1, -0.05) is 30.3 Å². The second kappa shape index (κ2) is 6.41. The van der Waals surface area contributed by atoms with Crippen LogP contribution < -0.4 is 0 Å². The van der Waals surface area contributed by atoms with E-state index in [1.54, 1.807) is 11.8 Å². The lowest BCUT2D eigenvalue weighted by Gasteiger charge is -2.18. The summed E-state index contributed by atoms with van der Waals surface area (Å²) >= 11 is 1.73. The van der Waals surface area contributed by atoms with Crippen LogP contribution in [-0.4, -0.2) is 22.4 Å². The Labute approximate surface area is 150 Å². The van der Waals surface area contributed by atoms with Crippen LogP contribution in [0, 0.1) is 6.92 Å². The van der Waals surface area contributed by atoms with Crippen LogP contribution in [0.4, 0.5) is 0 Å². The second-order valence-electron chi connectivity index (χ2n) is 5.93. The standard InChI is InChI=1S/C20H18N2O2S/c1-3-24-20(23)18-16-12-25-17-10-5-4-9-15(17)19(16)22(21-18)14-8-6-7-13(2)11-14/h4-11H,3,12H2,1-2H3. The van der Waals surface area contributed by atoms with E-state index in [0.29, 0.717) is 18.1 Å². The Morgan fingerprint density at radius 1 is 1.24 bits per heavy atom. The SMILES string of the molecule is CCOC(=O)c1nn(-c2cccc(C)c2)c2c1CSc1ccccc1-2. The van der Waals surface area contributed by atoms with Crippen LogP contribution in [0.1, 0.15) is 28.5 Å². The van der Waals surface area contributed by atoms with Gasteiger partial charge in [0.15, 0.2) is 5.69 Å². The molecule has 4 nitrogen and oxygen atoms in total. The number of ether oxygens (including phenoxy) is 1. The fourth-order valence-electron chi connectivity index (χ4n) is 3.11. The Kier molecular flexibility index (Phi) is 4.09. The van der Waals surface area contributed by atoms with Gasteiger partial charge in [0.05, 0.1) is 18.0 Å². The fraction of sp³-hybridized carbons (Fsp3) is 0.200. The summed E-state index contributed by atoms with van der Waals surface area (Å²) in [6, 6.07) is 16.4. The lowest BCUT2D eigenvalue weighted by Crippen LogP contribution is -2.08. The molecule has 0 N–H and O–H groups in total. The average Bonchev–Trinajstić information content (AvgIpc) is 3.02. The zero-order valence-corrected chi connectivity index (χ0v) is 15.0. The molecule has 2 aromatic carbocycles. The van der Waals surface area contributed by atoms with Gasteiger partial charge in [0.1, 0.15) is 0 Å². The summed E-state index contributed by atoms with van der Waals surface area (Å²) in [4.78, 5) is 13.6. The van der Waals surface area contributed by atoms with E-state index in [1.807, 2.05) is 35.9 Å². The molecular weight excluding hydrogens is 332 g/mol. The molecule has 1 aliphatic heterocycles. The van der Waals surface area contributed by atoms with Crippen LogP contribution in [0.25, 0.3) is 16.9 Å². The molecule has 0 spiro atoms. The molecule has 2 heterocycles. The van der Waals surface area contributed by atoms with Crippen molar-refractivity contribution in [2.24, 2.45) is 0 Å². The summed E-state index contributed by atoms with van der Waals surface area (Å²) in [7, 11) is 0. The van der Waals surface area contributed by atoms with Crippen molar-refractivity contribution in [1.82, 2.24) is 9.78 Å². The maximum absolute atomic E-state index is 12.4. The van der Waals surface area contributed by atoms with E-state index in [1.165, 1.54) is 4.90 Å². The maximum atomic E-state index is 12.4. The van der Waals surface area contributed by atoms with E-state index in [2.05, 4.69) is 36.3 Å². The Morgan fingerprint density at radius 3 is 2.88 bits per heavy atom. The van der Waals surface area contributed by atoms with Crippen LogP contribution in [0.15, 0.2) is 53.4 Å². The maximum Gasteiger partial charge on any atom is 0.359 e. The van der Waals surface area contributed by atoms with Crippen molar-refractivity contribution >= 4 is 17.7 Å². The molecule has 5 heteroatoms. The van der Waals surface area contributed by atoms with Crippen LogP contribution in [0.5, 0.6) is 0 Å². The third-order valence-electron chi connectivity index (χ3n) is 4.21. The van der Waals surface area contributed by atoms with Crippen LogP contribution in [0.2, 0.25) is 0 Å². The first-order chi connectivity index (χ1) is 12.2. The monoisotopic (exact) mass is 350 g/mol. The highest BCUT2D eigenvalue weighted by Crippen LogP contribution is 2.43. The number of thioether (sulfide) groups is 1. The Morgan fingerprint density at radius 2 is 2.08 bits per heavy atom. The number of rotatable bonds is 3. The van der Waals surface area contributed by atoms with Crippen molar-refractivity contribution in [1.29, 1.82) is 0 Å². The Balaban J connectivity index is 1.98. The topological polar surface area (TPSA) is 44.1 Å². The first-order valence-corrected chi connectivity index (χ1v) is 9.26. The van der Waals surface area contributed by atoms with E-state index in [4.69, 9.17) is 4.74 Å². The van der Waals surface area contributed by atoms with Crippen molar-refractivity contribution < 1.29 is 9.53 Å². The van der Waals surface area contributed by atoms with Gasteiger partial charge in [0, 0.05) is 21.8 Å². The molecule has 0 atom stereocenters. The molecule has 0 fully saturated rings. The highest BCUT2D eigenvalue weighted by Gasteiger charge is 2.29. The fourth-order valence-corrected chi connectivity index (χ4v) is 4.18. The second-order valence-corrected chi connectivity index (χ2v) is 6.95. The summed E-state index contributed by atoms with van der Waals surface area (Å²) in [5.74, 6) is 0.358. The van der Waals surface area contributed by atoms with Gasteiger partial charge in [0.25, 0.3) is 0 Å². The Hall–Kier alpha value is -2.53. The van der Waals surface area contributed by atoms with E-state index >= 15 is 0 Å². The number of esters is 1. The minimum atomic E-state index is -0.356. The van der Waals surface area contributed by atoms with Gasteiger partial charge in [-0.15, -0.1) is 11.8 Å². The Bertz CT molecular complexity index is 962. The van der Waals surface area contributed by atoms with Crippen molar-refractivity contribution in [3.63, 3.8) is 0 Å². The van der Waals surface area contributed by atoms with Crippen LogP contribution in [-0.2, 0) is 10.5 Å². The molecular formula is C20H18N2O2S. The van der Waals surface area contributed by atoms with Crippen molar-refractivity contribution in [3.8, 4) is 16.9 Å². The quantitative estimate of drug-likeness (QED) is 0.646. The first kappa shape index (κ1) is 16.0. The molecule has 0 unspecified atom stereocenters. The van der Waals surface area contributed by atoms with Gasteiger partial charge in [-0.3, -0.25) is 0 Å². The molecule has 3 aromatic rings. The van der Waals surface area contributed by atoms with Gasteiger partial charge in [-0.2, -0.15) is 5.10 Å². The van der Waals surface area contributed by atoms with Gasteiger partial charge < -0.3 is 4.74 Å². The van der Waals surface area contributed by atoms with Crippen molar-refractivity contribution in [2.45, 2.75) is 24.5 Å². The summed E-state index contributed by atoms with van der Waals surface area (Å²) < 4.78 is 7.11. The number of nitrogens with zero attached hydrogens (tertiary/aromatic N) is 2. The number of carbonyl (C=O) groups excluding carboxylic acids is 1. The molecule has 4 rings (SSSR count). The molecule has 1 aromatic heterocycles. The number of fused-ring (bicyclic) bond motifs is 3. The third kappa shape index (κ3) is 2.74. The predicted octanol–water partition coefficient (Wildman–Crippen LogP) is 4.63. The molecule has 0 aliphatic carbocycles. The average molecular weight is 350 g/mol. The van der Waals surface area contributed by atoms with E-state index in [0.717, 1.165) is 28.1 Å². The minimum absolute atomic E-state index is 0.342. The highest BCUT2D eigenvalue weighted by molar-refractivity contribution is 7.98. The van der Waals surface area contributed by atoms with E-state index < -0.39 is 0 Å². The van der Waals surface area contributed by atoms with Gasteiger partial charge in [-0.25, -0.2) is 9.48 Å². The number of aryl methyl sites for hydroxylation is 1. The molecule has 0 amide bonds. The lowest BCUT2D eigenvalue weighted by atomic mass is 10.1. The van der Waals surface area contributed by atoms with Gasteiger partial charge >= 0.3 is 5.97 Å². The number of hydrogen-bond donors (Lipinski definition) is 0. The molecule has 25 heavy (non-hydrogen) atoms. The zero-order valence-electron chi connectivity index (χ0n) is 14.2. The minimum Gasteiger partial charge on any atom is -0.461 e. The number of hydrogen-bond acceptors (Lipinski definition) is 4. The number of aromatic nitrogens is 2. The van der Waals surface area contributed by atoms with Crippen LogP contribution >= 0.6 is 11.8 Å². The van der Waals surface area contributed by atoms with Crippen molar-refractivity contribution in [2.75, 3.05) is 6.61 Å². The predicted molar refractivity (Wildman–Crippen MR) is 99.3 cm³/mol. The molecule has 0 radical (unpaired) electrons. The molecule has 1 aliphatic rings. The van der Waals surface area contributed by atoms with E-state index in [-0.39, 0.29) is 5.97 Å². The molecule has 0 saturated carbocycles. The first-order valence-electron chi connectivity index (χ1n) is 8.27. The lowest BCUT2D eigenvalue weighted by molar-refractivity contribution is 0.0518. The third-order valence-corrected chi connectivity index (χ3v) is 5.31. The highest BCUT2D eigenvalue weighted by atomic mass is 32.2. The molecule has 0 saturated heterocycles. The van der Waals surface area contributed by atoms with E-state index in [9.17, 15) is 4.79 Å². The summed E-state index contributed by atoms with van der Waals surface area (Å²) in [6.07, 6.45) is 0. The summed E-state index contributed by atoms with van der Waals surface area (Å²) in [5, 5.41) is 4.65. The van der Waals surface area contributed by atoms with Gasteiger partial charge in [0.2, 0.25) is 0 Å². The smallest absolute Gasteiger partial charge is 0.359 e. The largest absolute Gasteiger partial charge is 0.461 e. The van der Waals surface area contributed by atoms with Gasteiger partial charge in [-0.05, 0) is 37.6 Å². The molecule has 0 bridgehead atoms. The number of carbonyl (C=O) groups is 1. The van der Waals surface area contributed by atoms with Crippen molar-refractivity contribution in [3.05, 3.63) is 65.4 Å². The van der Waals surface area contributed by atoms with Crippen LogP contribution in [0.3, 0.4) is 0 Å². The normalized spacial score (nSPS) is 12.4. The number of benzene rings is 2. The molecule has 126 valence electrons.